The van der Waals surface area contributed by atoms with Gasteiger partial charge >= 0.3 is 0 Å². The standard InChI is InChI=1S/C7H14F2N2/c8-6(9)4-7(10)2-1-3-11-5-7/h6,11H,1-5,10H2. The molecule has 0 aromatic rings. The minimum atomic E-state index is -2.28. The van der Waals surface area contributed by atoms with Gasteiger partial charge in [0, 0.05) is 18.5 Å². The van der Waals surface area contributed by atoms with E-state index >= 15 is 0 Å². The second-order valence-corrected chi connectivity index (χ2v) is 3.24. The van der Waals surface area contributed by atoms with E-state index in [1.165, 1.54) is 0 Å². The van der Waals surface area contributed by atoms with Gasteiger partial charge < -0.3 is 11.1 Å². The van der Waals surface area contributed by atoms with Gasteiger partial charge in [0.2, 0.25) is 6.43 Å². The quantitative estimate of drug-likeness (QED) is 0.631. The fourth-order valence-electron chi connectivity index (χ4n) is 1.47. The first-order valence-electron chi connectivity index (χ1n) is 3.90. The normalized spacial score (nSPS) is 32.7. The van der Waals surface area contributed by atoms with Crippen molar-refractivity contribution in [2.24, 2.45) is 5.73 Å². The maximum atomic E-state index is 12.0. The summed E-state index contributed by atoms with van der Waals surface area (Å²) in [4.78, 5) is 0. The van der Waals surface area contributed by atoms with Crippen molar-refractivity contribution in [3.63, 3.8) is 0 Å². The van der Waals surface area contributed by atoms with Gasteiger partial charge in [-0.2, -0.15) is 0 Å². The summed E-state index contributed by atoms with van der Waals surface area (Å²) in [5, 5.41) is 3.02. The second-order valence-electron chi connectivity index (χ2n) is 3.24. The van der Waals surface area contributed by atoms with Gasteiger partial charge in [-0.05, 0) is 19.4 Å². The molecule has 1 aliphatic heterocycles. The molecular formula is C7H14F2N2. The number of halogens is 2. The predicted molar refractivity (Wildman–Crippen MR) is 39.6 cm³/mol. The van der Waals surface area contributed by atoms with E-state index in [0.717, 1.165) is 13.0 Å². The van der Waals surface area contributed by atoms with Gasteiger partial charge in [-0.15, -0.1) is 0 Å². The number of nitrogens with two attached hydrogens (primary N) is 1. The minimum absolute atomic E-state index is 0.181. The lowest BCUT2D eigenvalue weighted by molar-refractivity contribution is 0.0948. The third-order valence-electron chi connectivity index (χ3n) is 2.07. The first kappa shape index (κ1) is 8.87. The molecule has 4 heteroatoms. The Morgan fingerprint density at radius 2 is 2.27 bits per heavy atom. The average molecular weight is 164 g/mol. The zero-order valence-corrected chi connectivity index (χ0v) is 6.45. The summed E-state index contributed by atoms with van der Waals surface area (Å²) in [6, 6.07) is 0. The zero-order valence-electron chi connectivity index (χ0n) is 6.45. The summed E-state index contributed by atoms with van der Waals surface area (Å²) in [6.07, 6.45) is -0.840. The highest BCUT2D eigenvalue weighted by atomic mass is 19.3. The molecular weight excluding hydrogens is 150 g/mol. The van der Waals surface area contributed by atoms with E-state index in [9.17, 15) is 8.78 Å². The van der Waals surface area contributed by atoms with E-state index in [-0.39, 0.29) is 6.42 Å². The molecule has 0 radical (unpaired) electrons. The van der Waals surface area contributed by atoms with E-state index < -0.39 is 12.0 Å². The fraction of sp³-hybridized carbons (Fsp3) is 1.00. The molecule has 1 rings (SSSR count). The Morgan fingerprint density at radius 3 is 2.73 bits per heavy atom. The van der Waals surface area contributed by atoms with Crippen molar-refractivity contribution in [3.8, 4) is 0 Å². The molecule has 1 unspecified atom stereocenters. The van der Waals surface area contributed by atoms with Crippen molar-refractivity contribution in [2.75, 3.05) is 13.1 Å². The van der Waals surface area contributed by atoms with Crippen LogP contribution in [0.4, 0.5) is 8.78 Å². The summed E-state index contributed by atoms with van der Waals surface area (Å²) >= 11 is 0. The molecule has 2 nitrogen and oxygen atoms in total. The molecule has 0 amide bonds. The lowest BCUT2D eigenvalue weighted by atomic mass is 9.88. The summed E-state index contributed by atoms with van der Waals surface area (Å²) < 4.78 is 23.9. The molecule has 1 heterocycles. The molecule has 0 bridgehead atoms. The average Bonchev–Trinajstić information content (AvgIpc) is 1.85. The molecule has 0 aliphatic carbocycles. The Kier molecular flexibility index (Phi) is 2.78. The highest BCUT2D eigenvalue weighted by Crippen LogP contribution is 2.20. The summed E-state index contributed by atoms with van der Waals surface area (Å²) in [7, 11) is 0. The SMILES string of the molecule is NC1(CC(F)F)CCCNC1. The number of rotatable bonds is 2. The largest absolute Gasteiger partial charge is 0.324 e. The molecule has 1 aliphatic rings. The van der Waals surface area contributed by atoms with Crippen molar-refractivity contribution >= 4 is 0 Å². The number of nitrogens with one attached hydrogen (secondary N) is 1. The first-order chi connectivity index (χ1) is 5.12. The Balaban J connectivity index is 2.37. The van der Waals surface area contributed by atoms with Crippen LogP contribution in [-0.2, 0) is 0 Å². The van der Waals surface area contributed by atoms with Gasteiger partial charge in [0.05, 0.1) is 0 Å². The number of alkyl halides is 2. The fourth-order valence-corrected chi connectivity index (χ4v) is 1.47. The molecule has 3 N–H and O–H groups in total. The monoisotopic (exact) mass is 164 g/mol. The molecule has 0 spiro atoms. The van der Waals surface area contributed by atoms with E-state index in [2.05, 4.69) is 5.32 Å². The maximum absolute atomic E-state index is 12.0. The van der Waals surface area contributed by atoms with Gasteiger partial charge in [0.1, 0.15) is 0 Å². The van der Waals surface area contributed by atoms with Crippen molar-refractivity contribution in [1.29, 1.82) is 0 Å². The van der Waals surface area contributed by atoms with E-state index in [1.54, 1.807) is 0 Å². The molecule has 1 saturated heterocycles. The van der Waals surface area contributed by atoms with Crippen molar-refractivity contribution in [2.45, 2.75) is 31.2 Å². The van der Waals surface area contributed by atoms with E-state index in [4.69, 9.17) is 5.73 Å². The van der Waals surface area contributed by atoms with Gasteiger partial charge in [0.15, 0.2) is 0 Å². The summed E-state index contributed by atoms with van der Waals surface area (Å²) in [5.74, 6) is 0. The number of hydrogen-bond donors (Lipinski definition) is 2. The third-order valence-corrected chi connectivity index (χ3v) is 2.07. The first-order valence-corrected chi connectivity index (χ1v) is 3.90. The molecule has 0 aromatic carbocycles. The smallest absolute Gasteiger partial charge is 0.240 e. The predicted octanol–water partition coefficient (Wildman–Crippen LogP) is 0.722. The van der Waals surface area contributed by atoms with Crippen LogP contribution in [0.15, 0.2) is 0 Å². The van der Waals surface area contributed by atoms with Crippen LogP contribution in [-0.4, -0.2) is 25.1 Å². The van der Waals surface area contributed by atoms with E-state index in [1.807, 2.05) is 0 Å². The van der Waals surface area contributed by atoms with Gasteiger partial charge in [-0.1, -0.05) is 0 Å². The highest BCUT2D eigenvalue weighted by Gasteiger charge is 2.30. The van der Waals surface area contributed by atoms with Crippen molar-refractivity contribution in [1.82, 2.24) is 5.32 Å². The van der Waals surface area contributed by atoms with Gasteiger partial charge in [-0.3, -0.25) is 0 Å². The van der Waals surface area contributed by atoms with Crippen molar-refractivity contribution in [3.05, 3.63) is 0 Å². The minimum Gasteiger partial charge on any atom is -0.324 e. The van der Waals surface area contributed by atoms with Crippen LogP contribution < -0.4 is 11.1 Å². The lowest BCUT2D eigenvalue weighted by Crippen LogP contribution is -2.53. The van der Waals surface area contributed by atoms with Crippen LogP contribution in [0.25, 0.3) is 0 Å². The Labute approximate surface area is 65.1 Å². The Hall–Kier alpha value is -0.220. The molecule has 11 heavy (non-hydrogen) atoms. The van der Waals surface area contributed by atoms with Crippen LogP contribution >= 0.6 is 0 Å². The summed E-state index contributed by atoms with van der Waals surface area (Å²) in [6.45, 7) is 1.43. The molecule has 1 atom stereocenters. The Bertz CT molecular complexity index is 122. The molecule has 1 fully saturated rings. The topological polar surface area (TPSA) is 38.0 Å². The van der Waals surface area contributed by atoms with Crippen LogP contribution in [0, 0.1) is 0 Å². The molecule has 66 valence electrons. The van der Waals surface area contributed by atoms with Gasteiger partial charge in [-0.25, -0.2) is 8.78 Å². The van der Waals surface area contributed by atoms with E-state index in [0.29, 0.717) is 13.0 Å². The highest BCUT2D eigenvalue weighted by molar-refractivity contribution is 4.90. The van der Waals surface area contributed by atoms with Crippen LogP contribution in [0.3, 0.4) is 0 Å². The number of piperidine rings is 1. The zero-order chi connectivity index (χ0) is 8.32. The third kappa shape index (κ3) is 2.71. The number of hydrogen-bond acceptors (Lipinski definition) is 2. The molecule has 0 aromatic heterocycles. The van der Waals surface area contributed by atoms with Gasteiger partial charge in [0.25, 0.3) is 0 Å². The second kappa shape index (κ2) is 3.45. The molecule has 0 saturated carbocycles. The summed E-state index contributed by atoms with van der Waals surface area (Å²) in [5.41, 5.74) is 5.06. The van der Waals surface area contributed by atoms with Crippen LogP contribution in [0.1, 0.15) is 19.3 Å². The lowest BCUT2D eigenvalue weighted by Gasteiger charge is -2.33. The maximum Gasteiger partial charge on any atom is 0.240 e. The van der Waals surface area contributed by atoms with Crippen molar-refractivity contribution < 1.29 is 8.78 Å². The van der Waals surface area contributed by atoms with Crippen LogP contribution in [0.5, 0.6) is 0 Å². The Morgan fingerprint density at radius 1 is 1.55 bits per heavy atom. The van der Waals surface area contributed by atoms with Crippen LogP contribution in [0.2, 0.25) is 0 Å².